The second-order valence-electron chi connectivity index (χ2n) is 5.95. The molecule has 0 aliphatic carbocycles. The molecule has 2 aromatic rings. The van der Waals surface area contributed by atoms with E-state index in [1.165, 1.54) is 12.1 Å². The Hall–Kier alpha value is -2.64. The number of ether oxygens (including phenoxy) is 1. The van der Waals surface area contributed by atoms with E-state index in [9.17, 15) is 26.7 Å². The quantitative estimate of drug-likeness (QED) is 0.519. The van der Waals surface area contributed by atoms with E-state index in [1.807, 2.05) is 0 Å². The monoisotopic (exact) mass is 387 g/mol. The first-order valence-electron chi connectivity index (χ1n) is 8.27. The molecule has 27 heavy (non-hydrogen) atoms. The Bertz CT molecular complexity index is 788. The number of carbonyl (C=O) groups excluding carboxylic acids is 1. The summed E-state index contributed by atoms with van der Waals surface area (Å²) in [6, 6.07) is 6.97. The summed E-state index contributed by atoms with van der Waals surface area (Å²) in [7, 11) is 0. The van der Waals surface area contributed by atoms with Gasteiger partial charge in [0.05, 0.1) is 12.2 Å². The van der Waals surface area contributed by atoms with Crippen LogP contribution in [0.25, 0.3) is 0 Å². The third kappa shape index (κ3) is 5.67. The van der Waals surface area contributed by atoms with Crippen molar-refractivity contribution in [3.05, 3.63) is 64.7 Å². The molecule has 2 rings (SSSR count). The van der Waals surface area contributed by atoms with Gasteiger partial charge in [-0.2, -0.15) is 13.2 Å². The van der Waals surface area contributed by atoms with E-state index >= 15 is 0 Å². The minimum Gasteiger partial charge on any atom is -0.490 e. The Morgan fingerprint density at radius 1 is 0.963 bits per heavy atom. The second kappa shape index (κ2) is 8.83. The van der Waals surface area contributed by atoms with E-state index in [1.54, 1.807) is 0 Å². The van der Waals surface area contributed by atoms with Crippen molar-refractivity contribution in [2.75, 3.05) is 6.61 Å². The number of aryl methyl sites for hydroxylation is 1. The van der Waals surface area contributed by atoms with Crippen molar-refractivity contribution in [2.24, 2.45) is 5.73 Å². The summed E-state index contributed by atoms with van der Waals surface area (Å²) in [5.41, 5.74) is 4.20. The average Bonchev–Trinajstić information content (AvgIpc) is 2.59. The zero-order valence-electron chi connectivity index (χ0n) is 14.3. The first kappa shape index (κ1) is 20.7. The molecule has 1 amide bonds. The van der Waals surface area contributed by atoms with Gasteiger partial charge >= 0.3 is 6.18 Å². The SMILES string of the molecule is NC(=O)c1c(F)ccc(OCCCCCc2ccc(C(F)(F)F)cc2)c1F. The molecule has 0 unspecified atom stereocenters. The van der Waals surface area contributed by atoms with Crippen LogP contribution in [0.1, 0.15) is 40.7 Å². The standard InChI is InChI=1S/C19H18F5NO2/c20-14-9-10-15(17(21)16(14)18(25)26)27-11-3-1-2-4-12-5-7-13(8-6-12)19(22,23)24/h5-10H,1-4,11H2,(H2,25,26). The summed E-state index contributed by atoms with van der Waals surface area (Å²) in [6.45, 7) is 0.147. The highest BCUT2D eigenvalue weighted by molar-refractivity contribution is 5.93. The van der Waals surface area contributed by atoms with Crippen LogP contribution in [0.2, 0.25) is 0 Å². The highest BCUT2D eigenvalue weighted by Gasteiger charge is 2.29. The lowest BCUT2D eigenvalue weighted by Gasteiger charge is -2.10. The molecule has 0 bridgehead atoms. The number of hydrogen-bond donors (Lipinski definition) is 1. The van der Waals surface area contributed by atoms with Crippen molar-refractivity contribution in [3.63, 3.8) is 0 Å². The molecule has 0 spiro atoms. The van der Waals surface area contributed by atoms with Gasteiger partial charge in [0.15, 0.2) is 11.6 Å². The molecule has 0 fully saturated rings. The minimum absolute atomic E-state index is 0.147. The highest BCUT2D eigenvalue weighted by atomic mass is 19.4. The maximum atomic E-state index is 14.0. The molecule has 0 aromatic heterocycles. The molecule has 0 radical (unpaired) electrons. The van der Waals surface area contributed by atoms with Gasteiger partial charge in [-0.3, -0.25) is 4.79 Å². The number of nitrogens with two attached hydrogens (primary N) is 1. The molecule has 146 valence electrons. The number of benzene rings is 2. The van der Waals surface area contributed by atoms with Gasteiger partial charge in [-0.25, -0.2) is 8.78 Å². The number of amides is 1. The molecule has 0 saturated carbocycles. The third-order valence-electron chi connectivity index (χ3n) is 3.95. The number of unbranched alkanes of at least 4 members (excludes halogenated alkanes) is 2. The van der Waals surface area contributed by atoms with Crippen LogP contribution in [0.15, 0.2) is 36.4 Å². The first-order chi connectivity index (χ1) is 12.7. The lowest BCUT2D eigenvalue weighted by molar-refractivity contribution is -0.137. The molecule has 0 aliphatic heterocycles. The van der Waals surface area contributed by atoms with Crippen LogP contribution in [-0.2, 0) is 12.6 Å². The largest absolute Gasteiger partial charge is 0.490 e. The maximum absolute atomic E-state index is 14.0. The number of primary amides is 1. The normalized spacial score (nSPS) is 11.4. The van der Waals surface area contributed by atoms with Crippen LogP contribution in [0, 0.1) is 11.6 Å². The van der Waals surface area contributed by atoms with Crippen molar-refractivity contribution < 1.29 is 31.5 Å². The van der Waals surface area contributed by atoms with E-state index in [0.29, 0.717) is 25.7 Å². The summed E-state index contributed by atoms with van der Waals surface area (Å²) >= 11 is 0. The van der Waals surface area contributed by atoms with Gasteiger partial charge in [0.2, 0.25) is 0 Å². The Morgan fingerprint density at radius 2 is 1.63 bits per heavy atom. The van der Waals surface area contributed by atoms with E-state index in [-0.39, 0.29) is 12.4 Å². The Balaban J connectivity index is 1.75. The summed E-state index contributed by atoms with van der Waals surface area (Å²) in [5, 5.41) is 0. The van der Waals surface area contributed by atoms with Gasteiger partial charge in [0.1, 0.15) is 11.4 Å². The molecular weight excluding hydrogens is 369 g/mol. The lowest BCUT2D eigenvalue weighted by atomic mass is 10.1. The Labute approximate surface area is 152 Å². The maximum Gasteiger partial charge on any atom is 0.416 e. The van der Waals surface area contributed by atoms with Gasteiger partial charge in [-0.15, -0.1) is 0 Å². The minimum atomic E-state index is -4.35. The summed E-state index contributed by atoms with van der Waals surface area (Å²) in [5.74, 6) is -3.66. The van der Waals surface area contributed by atoms with E-state index in [2.05, 4.69) is 0 Å². The summed E-state index contributed by atoms with van der Waals surface area (Å²) in [4.78, 5) is 11.0. The Kier molecular flexibility index (Phi) is 6.76. The molecule has 0 atom stereocenters. The van der Waals surface area contributed by atoms with Crippen LogP contribution < -0.4 is 10.5 Å². The van der Waals surface area contributed by atoms with Crippen LogP contribution >= 0.6 is 0 Å². The fourth-order valence-corrected chi connectivity index (χ4v) is 2.52. The van der Waals surface area contributed by atoms with Crippen LogP contribution in [0.5, 0.6) is 5.75 Å². The first-order valence-corrected chi connectivity index (χ1v) is 8.27. The number of alkyl halides is 3. The van der Waals surface area contributed by atoms with Gasteiger partial charge < -0.3 is 10.5 Å². The topological polar surface area (TPSA) is 52.3 Å². The molecule has 0 aliphatic rings. The number of carbonyl (C=O) groups is 1. The third-order valence-corrected chi connectivity index (χ3v) is 3.95. The fourth-order valence-electron chi connectivity index (χ4n) is 2.52. The van der Waals surface area contributed by atoms with Crippen molar-refractivity contribution in [2.45, 2.75) is 31.9 Å². The second-order valence-corrected chi connectivity index (χ2v) is 5.95. The van der Waals surface area contributed by atoms with Crippen LogP contribution in [-0.4, -0.2) is 12.5 Å². The molecule has 8 heteroatoms. The van der Waals surface area contributed by atoms with Crippen molar-refractivity contribution >= 4 is 5.91 Å². The average molecular weight is 387 g/mol. The lowest BCUT2D eigenvalue weighted by Crippen LogP contribution is -2.16. The molecule has 0 heterocycles. The Morgan fingerprint density at radius 3 is 2.22 bits per heavy atom. The van der Waals surface area contributed by atoms with Crippen LogP contribution in [0.3, 0.4) is 0 Å². The fraction of sp³-hybridized carbons (Fsp3) is 0.316. The summed E-state index contributed by atoms with van der Waals surface area (Å²) < 4.78 is 70.0. The van der Waals surface area contributed by atoms with Crippen LogP contribution in [0.4, 0.5) is 22.0 Å². The molecular formula is C19H18F5NO2. The summed E-state index contributed by atoms with van der Waals surface area (Å²) in [6.07, 6.45) is -1.77. The smallest absolute Gasteiger partial charge is 0.416 e. The van der Waals surface area contributed by atoms with E-state index in [0.717, 1.165) is 29.8 Å². The van der Waals surface area contributed by atoms with Gasteiger partial charge in [0, 0.05) is 0 Å². The van der Waals surface area contributed by atoms with E-state index in [4.69, 9.17) is 10.5 Å². The highest BCUT2D eigenvalue weighted by Crippen LogP contribution is 2.29. The van der Waals surface area contributed by atoms with Gasteiger partial charge in [-0.1, -0.05) is 12.1 Å². The molecule has 3 nitrogen and oxygen atoms in total. The number of halogens is 5. The zero-order valence-corrected chi connectivity index (χ0v) is 14.3. The van der Waals surface area contributed by atoms with Gasteiger partial charge in [0.25, 0.3) is 5.91 Å². The molecule has 2 aromatic carbocycles. The van der Waals surface area contributed by atoms with Crippen molar-refractivity contribution in [1.29, 1.82) is 0 Å². The predicted octanol–water partition coefficient (Wildman–Crippen LogP) is 4.87. The zero-order chi connectivity index (χ0) is 20.0. The molecule has 0 saturated heterocycles. The van der Waals surface area contributed by atoms with Crippen molar-refractivity contribution in [1.82, 2.24) is 0 Å². The molecule has 2 N–H and O–H groups in total. The van der Waals surface area contributed by atoms with E-state index < -0.39 is 34.8 Å². The number of rotatable bonds is 8. The van der Waals surface area contributed by atoms with Crippen molar-refractivity contribution in [3.8, 4) is 5.75 Å². The number of hydrogen-bond acceptors (Lipinski definition) is 2. The predicted molar refractivity (Wildman–Crippen MR) is 89.4 cm³/mol. The van der Waals surface area contributed by atoms with Gasteiger partial charge in [-0.05, 0) is 55.5 Å².